The van der Waals surface area contributed by atoms with Crippen LogP contribution in [0, 0.1) is 17.8 Å². The van der Waals surface area contributed by atoms with Gasteiger partial charge in [-0.2, -0.15) is 0 Å². The lowest BCUT2D eigenvalue weighted by Gasteiger charge is -2.17. The van der Waals surface area contributed by atoms with Gasteiger partial charge in [0, 0.05) is 18.9 Å². The van der Waals surface area contributed by atoms with Crippen LogP contribution in [0.4, 0.5) is 0 Å². The number of ketones is 1. The maximum absolute atomic E-state index is 12.5. The van der Waals surface area contributed by atoms with Crippen LogP contribution in [0.3, 0.4) is 0 Å². The van der Waals surface area contributed by atoms with Crippen LogP contribution in [-0.2, 0) is 14.3 Å². The van der Waals surface area contributed by atoms with Gasteiger partial charge in [-0.15, -0.1) is 0 Å². The van der Waals surface area contributed by atoms with Crippen molar-refractivity contribution in [2.24, 2.45) is 17.8 Å². The predicted molar refractivity (Wildman–Crippen MR) is 99.2 cm³/mol. The van der Waals surface area contributed by atoms with E-state index in [1.54, 1.807) is 0 Å². The van der Waals surface area contributed by atoms with Gasteiger partial charge < -0.3 is 10.1 Å². The SMILES string of the molecule is CN/C=C/CCC(C)/C(=C/C(C)=C(\C)C(=O)C(C)C(C)C)OC=O. The Hall–Kier alpha value is -1.84. The molecule has 0 spiro atoms. The average Bonchev–Trinajstić information content (AvgIpc) is 2.55. The molecule has 0 radical (unpaired) electrons. The first-order valence-electron chi connectivity index (χ1n) is 8.62. The highest BCUT2D eigenvalue weighted by Crippen LogP contribution is 2.23. The summed E-state index contributed by atoms with van der Waals surface area (Å²) in [5.41, 5.74) is 1.58. The number of Topliss-reactive ketones (excluding diaryl/α,β-unsaturated/α-hetero) is 1. The van der Waals surface area contributed by atoms with Gasteiger partial charge in [-0.1, -0.05) is 33.8 Å². The molecule has 1 N–H and O–H groups in total. The van der Waals surface area contributed by atoms with Crippen LogP contribution >= 0.6 is 0 Å². The second-order valence-electron chi connectivity index (χ2n) is 6.64. The molecule has 24 heavy (non-hydrogen) atoms. The molecule has 0 aliphatic heterocycles. The fourth-order valence-electron chi connectivity index (χ4n) is 2.20. The van der Waals surface area contributed by atoms with Crippen molar-refractivity contribution in [1.82, 2.24) is 5.32 Å². The van der Waals surface area contributed by atoms with Gasteiger partial charge in [0.05, 0.1) is 0 Å². The normalized spacial score (nSPS) is 15.9. The number of hydrogen-bond acceptors (Lipinski definition) is 4. The zero-order valence-electron chi connectivity index (χ0n) is 16.2. The molecule has 0 fully saturated rings. The second-order valence-corrected chi connectivity index (χ2v) is 6.64. The minimum absolute atomic E-state index is 0.0205. The molecule has 4 nitrogen and oxygen atoms in total. The molecule has 0 saturated heterocycles. The van der Waals surface area contributed by atoms with Crippen molar-refractivity contribution in [2.75, 3.05) is 7.05 Å². The molecule has 0 aromatic heterocycles. The van der Waals surface area contributed by atoms with E-state index in [0.29, 0.717) is 18.1 Å². The molecule has 0 rings (SSSR count). The molecular formula is C20H33NO3. The lowest BCUT2D eigenvalue weighted by atomic mass is 9.88. The summed E-state index contributed by atoms with van der Waals surface area (Å²) in [4.78, 5) is 23.3. The summed E-state index contributed by atoms with van der Waals surface area (Å²) in [5, 5.41) is 2.95. The van der Waals surface area contributed by atoms with Gasteiger partial charge >= 0.3 is 0 Å². The maximum atomic E-state index is 12.5. The first kappa shape index (κ1) is 22.2. The maximum Gasteiger partial charge on any atom is 0.298 e. The lowest BCUT2D eigenvalue weighted by Crippen LogP contribution is -2.18. The van der Waals surface area contributed by atoms with E-state index >= 15 is 0 Å². The van der Waals surface area contributed by atoms with Crippen LogP contribution in [-0.4, -0.2) is 19.3 Å². The Morgan fingerprint density at radius 1 is 1.17 bits per heavy atom. The van der Waals surface area contributed by atoms with Crippen molar-refractivity contribution in [3.63, 3.8) is 0 Å². The molecule has 0 aromatic carbocycles. The Labute approximate surface area is 147 Å². The molecule has 0 bridgehead atoms. The van der Waals surface area contributed by atoms with Crippen molar-refractivity contribution in [1.29, 1.82) is 0 Å². The van der Waals surface area contributed by atoms with Crippen molar-refractivity contribution in [3.05, 3.63) is 35.3 Å². The van der Waals surface area contributed by atoms with Crippen LogP contribution < -0.4 is 5.32 Å². The minimum atomic E-state index is -0.0205. The van der Waals surface area contributed by atoms with Crippen molar-refractivity contribution in [2.45, 2.75) is 54.4 Å². The van der Waals surface area contributed by atoms with E-state index < -0.39 is 0 Å². The summed E-state index contributed by atoms with van der Waals surface area (Å²) in [6, 6.07) is 0. The van der Waals surface area contributed by atoms with Gasteiger partial charge in [0.1, 0.15) is 5.76 Å². The highest BCUT2D eigenvalue weighted by atomic mass is 16.5. The van der Waals surface area contributed by atoms with E-state index in [1.807, 2.05) is 66.9 Å². The molecule has 136 valence electrons. The molecule has 0 aliphatic rings. The quantitative estimate of drug-likeness (QED) is 0.263. The summed E-state index contributed by atoms with van der Waals surface area (Å²) < 4.78 is 5.16. The van der Waals surface area contributed by atoms with E-state index in [1.165, 1.54) is 0 Å². The number of ether oxygens (including phenoxy) is 1. The van der Waals surface area contributed by atoms with Gasteiger partial charge in [-0.3, -0.25) is 9.59 Å². The molecule has 4 heteroatoms. The Morgan fingerprint density at radius 3 is 2.29 bits per heavy atom. The van der Waals surface area contributed by atoms with Gasteiger partial charge in [-0.05, 0) is 56.0 Å². The minimum Gasteiger partial charge on any atom is -0.433 e. The standard InChI is InChI=1S/C20H33NO3/c1-14(2)17(5)20(23)18(6)16(4)12-19(24-13-22)15(3)10-8-9-11-21-7/h9,11-15,17,21H,8,10H2,1-7H3/b11-9+,18-16+,19-12-. The van der Waals surface area contributed by atoms with Gasteiger partial charge in [0.25, 0.3) is 6.47 Å². The third-order valence-electron chi connectivity index (χ3n) is 4.45. The third kappa shape index (κ3) is 7.62. The molecule has 0 aliphatic carbocycles. The fraction of sp³-hybridized carbons (Fsp3) is 0.600. The van der Waals surface area contributed by atoms with Crippen LogP contribution in [0.15, 0.2) is 35.3 Å². The first-order chi connectivity index (χ1) is 11.3. The number of carbonyl (C=O) groups excluding carboxylic acids is 2. The summed E-state index contributed by atoms with van der Waals surface area (Å²) in [7, 11) is 1.85. The summed E-state index contributed by atoms with van der Waals surface area (Å²) in [5.74, 6) is 1.12. The van der Waals surface area contributed by atoms with Crippen molar-refractivity contribution in [3.8, 4) is 0 Å². The number of rotatable bonds is 11. The average molecular weight is 335 g/mol. The van der Waals surface area contributed by atoms with E-state index in [2.05, 4.69) is 5.32 Å². The van der Waals surface area contributed by atoms with Crippen LogP contribution in [0.2, 0.25) is 0 Å². The topological polar surface area (TPSA) is 55.4 Å². The number of allylic oxidation sites excluding steroid dienone is 5. The summed E-state index contributed by atoms with van der Waals surface area (Å²) >= 11 is 0. The fourth-order valence-corrected chi connectivity index (χ4v) is 2.20. The largest absolute Gasteiger partial charge is 0.433 e. The lowest BCUT2D eigenvalue weighted by molar-refractivity contribution is -0.125. The van der Waals surface area contributed by atoms with E-state index in [9.17, 15) is 9.59 Å². The number of nitrogens with one attached hydrogen (secondary N) is 1. The third-order valence-corrected chi connectivity index (χ3v) is 4.45. The Morgan fingerprint density at radius 2 is 1.79 bits per heavy atom. The van der Waals surface area contributed by atoms with Gasteiger partial charge in [0.2, 0.25) is 0 Å². The predicted octanol–water partition coefficient (Wildman–Crippen LogP) is 4.39. The number of carbonyl (C=O) groups is 2. The Kier molecular flexibility index (Phi) is 10.8. The van der Waals surface area contributed by atoms with Crippen molar-refractivity contribution >= 4 is 12.3 Å². The van der Waals surface area contributed by atoms with E-state index in [-0.39, 0.29) is 17.6 Å². The van der Waals surface area contributed by atoms with Gasteiger partial charge in [0.15, 0.2) is 5.78 Å². The zero-order valence-corrected chi connectivity index (χ0v) is 16.2. The molecule has 0 heterocycles. The monoisotopic (exact) mass is 335 g/mol. The molecule has 2 atom stereocenters. The second kappa shape index (κ2) is 11.7. The van der Waals surface area contributed by atoms with Crippen LogP contribution in [0.1, 0.15) is 54.4 Å². The molecule has 0 aromatic rings. The molecule has 2 unspecified atom stereocenters. The molecule has 0 saturated carbocycles. The highest BCUT2D eigenvalue weighted by molar-refractivity contribution is 5.97. The summed E-state index contributed by atoms with van der Waals surface area (Å²) in [6.07, 6.45) is 7.49. The summed E-state index contributed by atoms with van der Waals surface area (Å²) in [6.45, 7) is 12.2. The van der Waals surface area contributed by atoms with E-state index in [4.69, 9.17) is 4.74 Å². The van der Waals surface area contributed by atoms with Crippen LogP contribution in [0.25, 0.3) is 0 Å². The number of hydrogen-bond donors (Lipinski definition) is 1. The molecular weight excluding hydrogens is 302 g/mol. The van der Waals surface area contributed by atoms with E-state index in [0.717, 1.165) is 24.0 Å². The van der Waals surface area contributed by atoms with Crippen molar-refractivity contribution < 1.29 is 14.3 Å². The molecule has 0 amide bonds. The Bertz CT molecular complexity index is 501. The smallest absolute Gasteiger partial charge is 0.298 e. The first-order valence-corrected chi connectivity index (χ1v) is 8.62. The van der Waals surface area contributed by atoms with Gasteiger partial charge in [-0.25, -0.2) is 0 Å². The highest BCUT2D eigenvalue weighted by Gasteiger charge is 2.19. The van der Waals surface area contributed by atoms with Crippen LogP contribution in [0.5, 0.6) is 0 Å². The zero-order chi connectivity index (χ0) is 18.7. The Balaban J connectivity index is 5.26.